The van der Waals surface area contributed by atoms with Gasteiger partial charge in [0.15, 0.2) is 0 Å². The SMILES string of the molecule is CC1CCC(C(=O)Nc2cc(S(N)(=O)=O)ccc2Cl)O1. The molecule has 8 heteroatoms. The molecule has 6 nitrogen and oxygen atoms in total. The largest absolute Gasteiger partial charge is 0.365 e. The molecule has 0 bridgehead atoms. The molecule has 20 heavy (non-hydrogen) atoms. The molecule has 1 heterocycles. The van der Waals surface area contributed by atoms with E-state index >= 15 is 0 Å². The third-order valence-electron chi connectivity index (χ3n) is 3.05. The molecule has 1 saturated heterocycles. The number of nitrogens with two attached hydrogens (primary N) is 1. The number of carbonyl (C=O) groups excluding carboxylic acids is 1. The molecule has 3 N–H and O–H groups in total. The van der Waals surface area contributed by atoms with E-state index in [2.05, 4.69) is 5.32 Å². The van der Waals surface area contributed by atoms with E-state index in [4.69, 9.17) is 21.5 Å². The Bertz CT molecular complexity index is 632. The minimum atomic E-state index is -3.85. The van der Waals surface area contributed by atoms with Crippen LogP contribution >= 0.6 is 11.6 Å². The Labute approximate surface area is 122 Å². The lowest BCUT2D eigenvalue weighted by Gasteiger charge is -2.13. The van der Waals surface area contributed by atoms with Gasteiger partial charge in [-0.25, -0.2) is 13.6 Å². The Morgan fingerprint density at radius 1 is 1.45 bits per heavy atom. The van der Waals surface area contributed by atoms with Crippen molar-refractivity contribution in [1.29, 1.82) is 0 Å². The van der Waals surface area contributed by atoms with Gasteiger partial charge in [-0.1, -0.05) is 11.6 Å². The third-order valence-corrected chi connectivity index (χ3v) is 4.29. The first-order valence-corrected chi connectivity index (χ1v) is 7.98. The molecule has 1 aliphatic heterocycles. The molecular weight excluding hydrogens is 304 g/mol. The van der Waals surface area contributed by atoms with Crippen LogP contribution in [-0.2, 0) is 19.6 Å². The zero-order chi connectivity index (χ0) is 14.9. The van der Waals surface area contributed by atoms with E-state index in [1.807, 2.05) is 6.92 Å². The van der Waals surface area contributed by atoms with Crippen molar-refractivity contribution in [2.24, 2.45) is 5.14 Å². The van der Waals surface area contributed by atoms with Crippen LogP contribution in [0.15, 0.2) is 23.1 Å². The van der Waals surface area contributed by atoms with Gasteiger partial charge in [0.1, 0.15) is 6.10 Å². The predicted octanol–water partition coefficient (Wildman–Crippen LogP) is 1.49. The lowest BCUT2D eigenvalue weighted by molar-refractivity contribution is -0.126. The number of rotatable bonds is 3. The fourth-order valence-corrected chi connectivity index (χ4v) is 2.69. The molecule has 0 aliphatic carbocycles. The molecule has 2 unspecified atom stereocenters. The second-order valence-electron chi connectivity index (χ2n) is 4.69. The first-order chi connectivity index (χ1) is 9.27. The molecule has 1 fully saturated rings. The maximum atomic E-state index is 12.0. The summed E-state index contributed by atoms with van der Waals surface area (Å²) in [7, 11) is -3.85. The summed E-state index contributed by atoms with van der Waals surface area (Å²) in [5.41, 5.74) is 0.200. The number of carbonyl (C=O) groups is 1. The number of sulfonamides is 1. The molecule has 1 aromatic carbocycles. The summed E-state index contributed by atoms with van der Waals surface area (Å²) < 4.78 is 28.0. The van der Waals surface area contributed by atoms with Gasteiger partial charge < -0.3 is 10.1 Å². The molecule has 2 atom stereocenters. The second-order valence-corrected chi connectivity index (χ2v) is 6.66. The fraction of sp³-hybridized carbons (Fsp3) is 0.417. The summed E-state index contributed by atoms with van der Waals surface area (Å²) in [6.07, 6.45) is 0.930. The van der Waals surface area contributed by atoms with Crippen molar-refractivity contribution in [1.82, 2.24) is 0 Å². The maximum absolute atomic E-state index is 12.0. The number of halogens is 1. The van der Waals surface area contributed by atoms with Crippen LogP contribution in [0, 0.1) is 0 Å². The number of benzene rings is 1. The standard InChI is InChI=1S/C12H15ClN2O4S/c1-7-2-5-11(19-7)12(16)15-10-6-8(20(14,17)18)3-4-9(10)13/h3-4,6-7,11H,2,5H2,1H3,(H,15,16)(H2,14,17,18). The first-order valence-electron chi connectivity index (χ1n) is 6.06. The number of anilines is 1. The monoisotopic (exact) mass is 318 g/mol. The smallest absolute Gasteiger partial charge is 0.253 e. The minimum Gasteiger partial charge on any atom is -0.365 e. The molecule has 0 saturated carbocycles. The Morgan fingerprint density at radius 2 is 2.15 bits per heavy atom. The van der Waals surface area contributed by atoms with E-state index in [-0.39, 0.29) is 27.6 Å². The van der Waals surface area contributed by atoms with Crippen molar-refractivity contribution in [3.8, 4) is 0 Å². The van der Waals surface area contributed by atoms with Gasteiger partial charge in [-0.3, -0.25) is 4.79 Å². The Morgan fingerprint density at radius 3 is 2.70 bits per heavy atom. The molecule has 0 aromatic heterocycles. The molecule has 2 rings (SSSR count). The van der Waals surface area contributed by atoms with Crippen LogP contribution < -0.4 is 10.5 Å². The Kier molecular flexibility index (Phi) is 4.33. The molecule has 1 aromatic rings. The number of ether oxygens (including phenoxy) is 1. The zero-order valence-electron chi connectivity index (χ0n) is 10.8. The van der Waals surface area contributed by atoms with E-state index < -0.39 is 16.1 Å². The van der Waals surface area contributed by atoms with Crippen molar-refractivity contribution in [2.45, 2.75) is 36.9 Å². The van der Waals surface area contributed by atoms with E-state index in [1.165, 1.54) is 18.2 Å². The number of amides is 1. The number of hydrogen-bond acceptors (Lipinski definition) is 4. The molecule has 1 amide bonds. The Hall–Kier alpha value is -1.15. The Balaban J connectivity index is 2.18. The average Bonchev–Trinajstić information content (AvgIpc) is 2.77. The van der Waals surface area contributed by atoms with Crippen molar-refractivity contribution < 1.29 is 17.9 Å². The highest BCUT2D eigenvalue weighted by Gasteiger charge is 2.28. The molecular formula is C12H15ClN2O4S. The topological polar surface area (TPSA) is 98.5 Å². The van der Waals surface area contributed by atoms with Crippen LogP contribution in [-0.4, -0.2) is 26.5 Å². The lowest BCUT2D eigenvalue weighted by Crippen LogP contribution is -2.28. The van der Waals surface area contributed by atoms with Gasteiger partial charge in [-0.05, 0) is 38.0 Å². The summed E-state index contributed by atoms with van der Waals surface area (Å²) in [5.74, 6) is -0.345. The second kappa shape index (κ2) is 5.69. The fourth-order valence-electron chi connectivity index (χ4n) is 1.99. The molecule has 0 spiro atoms. The van der Waals surface area contributed by atoms with Gasteiger partial charge in [0.2, 0.25) is 10.0 Å². The highest BCUT2D eigenvalue weighted by atomic mass is 35.5. The van der Waals surface area contributed by atoms with Crippen molar-refractivity contribution in [2.75, 3.05) is 5.32 Å². The van der Waals surface area contributed by atoms with E-state index in [0.29, 0.717) is 6.42 Å². The summed E-state index contributed by atoms with van der Waals surface area (Å²) in [6.45, 7) is 1.89. The lowest BCUT2D eigenvalue weighted by atomic mass is 10.2. The normalized spacial score (nSPS) is 22.8. The zero-order valence-corrected chi connectivity index (χ0v) is 12.4. The number of nitrogens with one attached hydrogen (secondary N) is 1. The van der Waals surface area contributed by atoms with Crippen LogP contribution in [0.25, 0.3) is 0 Å². The van der Waals surface area contributed by atoms with Crippen LogP contribution in [0.5, 0.6) is 0 Å². The van der Waals surface area contributed by atoms with Crippen molar-refractivity contribution in [3.63, 3.8) is 0 Å². The van der Waals surface area contributed by atoms with E-state index in [0.717, 1.165) is 6.42 Å². The van der Waals surface area contributed by atoms with Gasteiger partial charge in [0.05, 0.1) is 21.7 Å². The van der Waals surface area contributed by atoms with Crippen LogP contribution in [0.1, 0.15) is 19.8 Å². The summed E-state index contributed by atoms with van der Waals surface area (Å²) in [6, 6.07) is 3.88. The van der Waals surface area contributed by atoms with Crippen molar-refractivity contribution in [3.05, 3.63) is 23.2 Å². The number of primary sulfonamides is 1. The van der Waals surface area contributed by atoms with Gasteiger partial charge in [0.25, 0.3) is 5.91 Å². The van der Waals surface area contributed by atoms with Crippen molar-refractivity contribution >= 4 is 33.2 Å². The van der Waals surface area contributed by atoms with E-state index in [1.54, 1.807) is 0 Å². The summed E-state index contributed by atoms with van der Waals surface area (Å²) >= 11 is 5.93. The minimum absolute atomic E-state index is 0.0389. The highest BCUT2D eigenvalue weighted by molar-refractivity contribution is 7.89. The molecule has 0 radical (unpaired) electrons. The first kappa shape index (κ1) is 15.2. The van der Waals surface area contributed by atoms with Crippen LogP contribution in [0.3, 0.4) is 0 Å². The summed E-state index contributed by atoms with van der Waals surface area (Å²) in [4.78, 5) is 11.9. The van der Waals surface area contributed by atoms with Crippen LogP contribution in [0.2, 0.25) is 5.02 Å². The quantitative estimate of drug-likeness (QED) is 0.882. The highest BCUT2D eigenvalue weighted by Crippen LogP contribution is 2.26. The molecule has 1 aliphatic rings. The van der Waals surface area contributed by atoms with Gasteiger partial charge >= 0.3 is 0 Å². The van der Waals surface area contributed by atoms with Crippen LogP contribution in [0.4, 0.5) is 5.69 Å². The molecule has 110 valence electrons. The van der Waals surface area contributed by atoms with Gasteiger partial charge in [0, 0.05) is 0 Å². The predicted molar refractivity (Wildman–Crippen MR) is 75.0 cm³/mol. The summed E-state index contributed by atoms with van der Waals surface area (Å²) in [5, 5.41) is 7.84. The van der Waals surface area contributed by atoms with Gasteiger partial charge in [-0.15, -0.1) is 0 Å². The maximum Gasteiger partial charge on any atom is 0.253 e. The third kappa shape index (κ3) is 3.49. The average molecular weight is 319 g/mol. The number of hydrogen-bond donors (Lipinski definition) is 2. The van der Waals surface area contributed by atoms with Gasteiger partial charge in [-0.2, -0.15) is 0 Å². The van der Waals surface area contributed by atoms with E-state index in [9.17, 15) is 13.2 Å².